The minimum atomic E-state index is -0.374. The highest BCUT2D eigenvalue weighted by atomic mass is 79.9. The van der Waals surface area contributed by atoms with E-state index < -0.39 is 0 Å². The zero-order valence-corrected chi connectivity index (χ0v) is 11.7. The lowest BCUT2D eigenvalue weighted by Gasteiger charge is -2.10. The number of hydrogen-bond donors (Lipinski definition) is 1. The third-order valence-corrected chi connectivity index (χ3v) is 3.35. The van der Waals surface area contributed by atoms with E-state index in [9.17, 15) is 4.79 Å². The van der Waals surface area contributed by atoms with E-state index in [0.29, 0.717) is 17.9 Å². The van der Waals surface area contributed by atoms with Crippen LogP contribution in [0.15, 0.2) is 34.8 Å². The van der Waals surface area contributed by atoms with Gasteiger partial charge in [0.25, 0.3) is 0 Å². The minimum Gasteiger partial charge on any atom is -0.462 e. The molecule has 0 fully saturated rings. The van der Waals surface area contributed by atoms with Crippen molar-refractivity contribution in [1.29, 1.82) is 0 Å². The van der Waals surface area contributed by atoms with Crippen molar-refractivity contribution in [2.75, 3.05) is 12.3 Å². The number of ether oxygens (including phenoxy) is 1. The summed E-state index contributed by atoms with van der Waals surface area (Å²) in [7, 11) is 0. The molecule has 0 bridgehead atoms. The first-order valence-electron chi connectivity index (χ1n) is 5.79. The molecule has 4 heteroatoms. The van der Waals surface area contributed by atoms with Crippen LogP contribution in [0, 0.1) is 0 Å². The maximum atomic E-state index is 11.9. The Bertz CT molecular complexity index is 596. The predicted molar refractivity (Wildman–Crippen MR) is 76.6 cm³/mol. The van der Waals surface area contributed by atoms with Gasteiger partial charge in [-0.15, -0.1) is 0 Å². The molecule has 0 aromatic heterocycles. The Morgan fingerprint density at radius 2 is 2.00 bits per heavy atom. The molecule has 18 heavy (non-hydrogen) atoms. The molecule has 0 saturated heterocycles. The summed E-state index contributed by atoms with van der Waals surface area (Å²) in [5, 5.41) is 1.84. The molecule has 0 radical (unpaired) electrons. The van der Waals surface area contributed by atoms with Crippen molar-refractivity contribution >= 4 is 38.4 Å². The quantitative estimate of drug-likeness (QED) is 0.694. The molecule has 0 heterocycles. The van der Waals surface area contributed by atoms with Crippen LogP contribution in [0.25, 0.3) is 10.8 Å². The van der Waals surface area contributed by atoms with Gasteiger partial charge < -0.3 is 10.5 Å². The number of nitrogens with two attached hydrogens (primary N) is 1. The highest BCUT2D eigenvalue weighted by Crippen LogP contribution is 2.32. The standard InChI is InChI=1S/C14H14BrNO2/c1-2-7-18-14(17)11-8-12(15)9-5-3-4-6-10(9)13(11)16/h3-6,8H,2,7,16H2,1H3. The molecule has 0 spiro atoms. The summed E-state index contributed by atoms with van der Waals surface area (Å²) < 4.78 is 5.97. The molecule has 2 aromatic rings. The van der Waals surface area contributed by atoms with Gasteiger partial charge in [-0.25, -0.2) is 4.79 Å². The van der Waals surface area contributed by atoms with Gasteiger partial charge in [-0.05, 0) is 17.9 Å². The highest BCUT2D eigenvalue weighted by molar-refractivity contribution is 9.10. The second kappa shape index (κ2) is 5.40. The zero-order valence-electron chi connectivity index (χ0n) is 10.1. The number of fused-ring (bicyclic) bond motifs is 1. The Kier molecular flexibility index (Phi) is 3.87. The molecule has 0 atom stereocenters. The van der Waals surface area contributed by atoms with Gasteiger partial charge in [0.05, 0.1) is 17.9 Å². The van der Waals surface area contributed by atoms with Crippen LogP contribution in [0.5, 0.6) is 0 Å². The second-order valence-corrected chi connectivity index (χ2v) is 4.86. The van der Waals surface area contributed by atoms with Gasteiger partial charge in [-0.2, -0.15) is 0 Å². The van der Waals surface area contributed by atoms with Gasteiger partial charge in [-0.3, -0.25) is 0 Å². The zero-order chi connectivity index (χ0) is 13.1. The third kappa shape index (κ3) is 2.34. The molecule has 2 aromatic carbocycles. The summed E-state index contributed by atoms with van der Waals surface area (Å²) in [6, 6.07) is 9.40. The monoisotopic (exact) mass is 307 g/mol. The molecule has 0 amide bonds. The topological polar surface area (TPSA) is 52.3 Å². The molecule has 0 aliphatic heterocycles. The Morgan fingerprint density at radius 3 is 2.67 bits per heavy atom. The van der Waals surface area contributed by atoms with Gasteiger partial charge >= 0.3 is 5.97 Å². The summed E-state index contributed by atoms with van der Waals surface area (Å²) in [4.78, 5) is 11.9. The molecular weight excluding hydrogens is 294 g/mol. The van der Waals surface area contributed by atoms with Crippen LogP contribution in [0.4, 0.5) is 5.69 Å². The molecule has 2 rings (SSSR count). The van der Waals surface area contributed by atoms with Crippen molar-refractivity contribution in [2.24, 2.45) is 0 Å². The summed E-state index contributed by atoms with van der Waals surface area (Å²) in [5.41, 5.74) is 6.92. The van der Waals surface area contributed by atoms with Gasteiger partial charge in [0.1, 0.15) is 0 Å². The Morgan fingerprint density at radius 1 is 1.33 bits per heavy atom. The van der Waals surface area contributed by atoms with Crippen LogP contribution in [0.3, 0.4) is 0 Å². The number of nitrogen functional groups attached to an aromatic ring is 1. The lowest BCUT2D eigenvalue weighted by Crippen LogP contribution is -2.09. The van der Waals surface area contributed by atoms with Crippen molar-refractivity contribution in [3.63, 3.8) is 0 Å². The van der Waals surface area contributed by atoms with Crippen LogP contribution >= 0.6 is 15.9 Å². The van der Waals surface area contributed by atoms with Crippen LogP contribution in [0.2, 0.25) is 0 Å². The van der Waals surface area contributed by atoms with Crippen molar-refractivity contribution in [2.45, 2.75) is 13.3 Å². The summed E-state index contributed by atoms with van der Waals surface area (Å²) >= 11 is 3.46. The number of benzene rings is 2. The van der Waals surface area contributed by atoms with Gasteiger partial charge in [0.15, 0.2) is 0 Å². The van der Waals surface area contributed by atoms with E-state index >= 15 is 0 Å². The second-order valence-electron chi connectivity index (χ2n) is 4.00. The lowest BCUT2D eigenvalue weighted by molar-refractivity contribution is 0.0506. The molecule has 2 N–H and O–H groups in total. The molecule has 94 valence electrons. The van der Waals surface area contributed by atoms with Gasteiger partial charge in [0.2, 0.25) is 0 Å². The molecule has 3 nitrogen and oxygen atoms in total. The first-order valence-corrected chi connectivity index (χ1v) is 6.58. The Hall–Kier alpha value is -1.55. The maximum absolute atomic E-state index is 11.9. The molecule has 0 aliphatic rings. The Labute approximate surface area is 114 Å². The average Bonchev–Trinajstić information content (AvgIpc) is 2.40. The van der Waals surface area contributed by atoms with E-state index in [-0.39, 0.29) is 5.97 Å². The van der Waals surface area contributed by atoms with Crippen molar-refractivity contribution in [3.8, 4) is 0 Å². The minimum absolute atomic E-state index is 0.374. The smallest absolute Gasteiger partial charge is 0.340 e. The van der Waals surface area contributed by atoms with Crippen LogP contribution in [-0.4, -0.2) is 12.6 Å². The fourth-order valence-electron chi connectivity index (χ4n) is 1.79. The first-order chi connectivity index (χ1) is 8.65. The van der Waals surface area contributed by atoms with E-state index in [0.717, 1.165) is 21.7 Å². The van der Waals surface area contributed by atoms with E-state index in [1.807, 2.05) is 31.2 Å². The third-order valence-electron chi connectivity index (χ3n) is 2.69. The van der Waals surface area contributed by atoms with Crippen molar-refractivity contribution in [1.82, 2.24) is 0 Å². The van der Waals surface area contributed by atoms with E-state index in [1.54, 1.807) is 6.07 Å². The predicted octanol–water partition coefficient (Wildman–Crippen LogP) is 3.75. The van der Waals surface area contributed by atoms with Gasteiger partial charge in [-0.1, -0.05) is 47.1 Å². The number of anilines is 1. The molecular formula is C14H14BrNO2. The number of hydrogen-bond acceptors (Lipinski definition) is 3. The van der Waals surface area contributed by atoms with Crippen molar-refractivity contribution < 1.29 is 9.53 Å². The summed E-state index contributed by atoms with van der Waals surface area (Å²) in [6.07, 6.45) is 0.792. The summed E-state index contributed by atoms with van der Waals surface area (Å²) in [6.45, 7) is 2.36. The highest BCUT2D eigenvalue weighted by Gasteiger charge is 2.15. The van der Waals surface area contributed by atoms with E-state index in [1.165, 1.54) is 0 Å². The van der Waals surface area contributed by atoms with Crippen LogP contribution in [-0.2, 0) is 4.74 Å². The largest absolute Gasteiger partial charge is 0.462 e. The molecule has 0 unspecified atom stereocenters. The van der Waals surface area contributed by atoms with E-state index in [4.69, 9.17) is 10.5 Å². The SMILES string of the molecule is CCCOC(=O)c1cc(Br)c2ccccc2c1N. The fraction of sp³-hybridized carbons (Fsp3) is 0.214. The van der Waals surface area contributed by atoms with Crippen molar-refractivity contribution in [3.05, 3.63) is 40.4 Å². The van der Waals surface area contributed by atoms with Gasteiger partial charge in [0, 0.05) is 9.86 Å². The number of halogens is 1. The number of carbonyl (C=O) groups excluding carboxylic acids is 1. The molecule has 0 saturated carbocycles. The lowest BCUT2D eigenvalue weighted by atomic mass is 10.0. The number of esters is 1. The Balaban J connectivity index is 2.52. The van der Waals surface area contributed by atoms with E-state index in [2.05, 4.69) is 15.9 Å². The fourth-order valence-corrected chi connectivity index (χ4v) is 2.37. The normalized spacial score (nSPS) is 10.6. The average molecular weight is 308 g/mol. The van der Waals surface area contributed by atoms with Crippen LogP contribution in [0.1, 0.15) is 23.7 Å². The summed E-state index contributed by atoms with van der Waals surface area (Å²) in [5.74, 6) is -0.374. The van der Waals surface area contributed by atoms with Crippen LogP contribution < -0.4 is 5.73 Å². The number of carbonyl (C=O) groups is 1. The number of rotatable bonds is 3. The first kappa shape index (κ1) is 12.9. The molecule has 0 aliphatic carbocycles. The maximum Gasteiger partial charge on any atom is 0.340 e.